The van der Waals surface area contributed by atoms with E-state index in [1.807, 2.05) is 56.3 Å². The number of carbonyl (C=O) groups is 1. The van der Waals surface area contributed by atoms with Gasteiger partial charge in [0.25, 0.3) is 0 Å². The summed E-state index contributed by atoms with van der Waals surface area (Å²) < 4.78 is 0. The van der Waals surface area contributed by atoms with Gasteiger partial charge in [0, 0.05) is 23.4 Å². The molecule has 0 aliphatic carbocycles. The number of aryl methyl sites for hydroxylation is 1. The van der Waals surface area contributed by atoms with Crippen molar-refractivity contribution in [2.75, 3.05) is 5.32 Å². The Morgan fingerprint density at radius 3 is 2.53 bits per heavy atom. The molecular formula is C16H18N2O. The van der Waals surface area contributed by atoms with Gasteiger partial charge < -0.3 is 5.32 Å². The number of carbonyl (C=O) groups excluding carboxylic acids is 1. The fraction of sp³-hybridized carbons (Fsp3) is 0.250. The van der Waals surface area contributed by atoms with Crippen LogP contribution in [-0.2, 0) is 6.54 Å². The molecule has 19 heavy (non-hydrogen) atoms. The fourth-order valence-corrected chi connectivity index (χ4v) is 1.87. The third kappa shape index (κ3) is 3.65. The molecule has 1 aromatic carbocycles. The van der Waals surface area contributed by atoms with E-state index < -0.39 is 0 Å². The monoisotopic (exact) mass is 254 g/mol. The van der Waals surface area contributed by atoms with Crippen molar-refractivity contribution >= 4 is 11.5 Å². The Labute approximate surface area is 113 Å². The second-order valence-electron chi connectivity index (χ2n) is 4.48. The first-order chi connectivity index (χ1) is 9.19. The number of aromatic nitrogens is 1. The molecule has 0 atom stereocenters. The zero-order chi connectivity index (χ0) is 13.7. The molecule has 2 rings (SSSR count). The molecule has 0 aliphatic rings. The van der Waals surface area contributed by atoms with Gasteiger partial charge in [0.2, 0.25) is 0 Å². The van der Waals surface area contributed by atoms with E-state index in [-0.39, 0.29) is 5.78 Å². The molecule has 0 spiro atoms. The van der Waals surface area contributed by atoms with Crippen LogP contribution in [0.5, 0.6) is 0 Å². The van der Waals surface area contributed by atoms with Crippen molar-refractivity contribution in [3.05, 3.63) is 59.4 Å². The zero-order valence-corrected chi connectivity index (χ0v) is 11.3. The molecule has 1 heterocycles. The van der Waals surface area contributed by atoms with Crippen molar-refractivity contribution in [2.24, 2.45) is 0 Å². The van der Waals surface area contributed by atoms with E-state index in [9.17, 15) is 4.79 Å². The highest BCUT2D eigenvalue weighted by molar-refractivity contribution is 5.96. The number of nitrogens with zero attached hydrogens (tertiary/aromatic N) is 1. The smallest absolute Gasteiger partial charge is 0.162 e. The van der Waals surface area contributed by atoms with Crippen molar-refractivity contribution in [3.63, 3.8) is 0 Å². The Morgan fingerprint density at radius 1 is 1.16 bits per heavy atom. The van der Waals surface area contributed by atoms with Crippen LogP contribution in [0.15, 0.2) is 42.5 Å². The van der Waals surface area contributed by atoms with Crippen LogP contribution in [0.4, 0.5) is 5.69 Å². The van der Waals surface area contributed by atoms with Crippen LogP contribution in [0.25, 0.3) is 0 Å². The summed E-state index contributed by atoms with van der Waals surface area (Å²) >= 11 is 0. The molecule has 0 amide bonds. The molecular weight excluding hydrogens is 236 g/mol. The molecule has 0 unspecified atom stereocenters. The van der Waals surface area contributed by atoms with Crippen LogP contribution in [0.1, 0.15) is 35.1 Å². The summed E-state index contributed by atoms with van der Waals surface area (Å²) in [6, 6.07) is 13.6. The summed E-state index contributed by atoms with van der Waals surface area (Å²) in [6.07, 6.45) is 0.542. The second kappa shape index (κ2) is 6.14. The second-order valence-corrected chi connectivity index (χ2v) is 4.48. The van der Waals surface area contributed by atoms with Crippen molar-refractivity contribution in [3.8, 4) is 0 Å². The van der Waals surface area contributed by atoms with E-state index in [0.717, 1.165) is 22.6 Å². The van der Waals surface area contributed by atoms with Crippen molar-refractivity contribution in [1.82, 2.24) is 4.98 Å². The fourth-order valence-electron chi connectivity index (χ4n) is 1.87. The van der Waals surface area contributed by atoms with E-state index in [2.05, 4.69) is 10.3 Å². The molecule has 2 aromatic rings. The molecule has 1 N–H and O–H groups in total. The molecule has 98 valence electrons. The minimum atomic E-state index is 0.173. The van der Waals surface area contributed by atoms with Crippen LogP contribution in [0, 0.1) is 6.92 Å². The summed E-state index contributed by atoms with van der Waals surface area (Å²) in [4.78, 5) is 15.9. The van der Waals surface area contributed by atoms with Gasteiger partial charge in [0.15, 0.2) is 5.78 Å². The molecule has 0 bridgehead atoms. The highest BCUT2D eigenvalue weighted by atomic mass is 16.1. The number of ketones is 1. The lowest BCUT2D eigenvalue weighted by molar-refractivity contribution is 0.0988. The average molecular weight is 254 g/mol. The summed E-state index contributed by atoms with van der Waals surface area (Å²) in [5.74, 6) is 0.173. The lowest BCUT2D eigenvalue weighted by atomic mass is 10.1. The number of nitrogens with one attached hydrogen (secondary N) is 1. The number of benzene rings is 1. The van der Waals surface area contributed by atoms with E-state index in [1.54, 1.807) is 0 Å². The molecule has 0 saturated heterocycles. The highest BCUT2D eigenvalue weighted by Gasteiger charge is 2.02. The summed E-state index contributed by atoms with van der Waals surface area (Å²) in [7, 11) is 0. The standard InChI is InChI=1S/C16H18N2O/c1-3-16(19)13-7-9-14(10-8-13)17-11-15-6-4-5-12(2)18-15/h4-10,17H,3,11H2,1-2H3. The number of Topliss-reactive ketones (excluding diaryl/α,β-unsaturated/α-hetero) is 1. The summed E-state index contributed by atoms with van der Waals surface area (Å²) in [5.41, 5.74) is 3.79. The molecule has 0 radical (unpaired) electrons. The third-order valence-electron chi connectivity index (χ3n) is 2.95. The maximum Gasteiger partial charge on any atom is 0.162 e. The maximum atomic E-state index is 11.5. The van der Waals surface area contributed by atoms with E-state index in [4.69, 9.17) is 0 Å². The number of hydrogen-bond acceptors (Lipinski definition) is 3. The number of hydrogen-bond donors (Lipinski definition) is 1. The van der Waals surface area contributed by atoms with Gasteiger partial charge in [-0.2, -0.15) is 0 Å². The van der Waals surface area contributed by atoms with Crippen molar-refractivity contribution < 1.29 is 4.79 Å². The SMILES string of the molecule is CCC(=O)c1ccc(NCc2cccc(C)n2)cc1. The number of pyridine rings is 1. The van der Waals surface area contributed by atoms with Gasteiger partial charge in [0.05, 0.1) is 12.2 Å². The maximum absolute atomic E-state index is 11.5. The lowest BCUT2D eigenvalue weighted by Gasteiger charge is -2.07. The Balaban J connectivity index is 1.98. The third-order valence-corrected chi connectivity index (χ3v) is 2.95. The Bertz CT molecular complexity index is 561. The number of anilines is 1. The molecule has 0 aliphatic heterocycles. The average Bonchev–Trinajstić information content (AvgIpc) is 2.45. The predicted octanol–water partition coefficient (Wildman–Crippen LogP) is 3.59. The van der Waals surface area contributed by atoms with Gasteiger partial charge in [-0.3, -0.25) is 9.78 Å². The van der Waals surface area contributed by atoms with Gasteiger partial charge in [-0.05, 0) is 43.3 Å². The molecule has 3 nitrogen and oxygen atoms in total. The molecule has 0 saturated carbocycles. The van der Waals surface area contributed by atoms with Crippen LogP contribution in [-0.4, -0.2) is 10.8 Å². The summed E-state index contributed by atoms with van der Waals surface area (Å²) in [6.45, 7) is 4.54. The largest absolute Gasteiger partial charge is 0.379 e. The van der Waals surface area contributed by atoms with E-state index >= 15 is 0 Å². The highest BCUT2D eigenvalue weighted by Crippen LogP contribution is 2.12. The first kappa shape index (κ1) is 13.3. The first-order valence-corrected chi connectivity index (χ1v) is 6.48. The molecule has 0 fully saturated rings. The Hall–Kier alpha value is -2.16. The van der Waals surface area contributed by atoms with E-state index in [0.29, 0.717) is 13.0 Å². The van der Waals surface area contributed by atoms with Crippen LogP contribution >= 0.6 is 0 Å². The van der Waals surface area contributed by atoms with Crippen LogP contribution < -0.4 is 5.32 Å². The predicted molar refractivity (Wildman–Crippen MR) is 77.4 cm³/mol. The van der Waals surface area contributed by atoms with Gasteiger partial charge in [-0.1, -0.05) is 13.0 Å². The minimum absolute atomic E-state index is 0.173. The summed E-state index contributed by atoms with van der Waals surface area (Å²) in [5, 5.41) is 3.30. The van der Waals surface area contributed by atoms with Gasteiger partial charge in [-0.15, -0.1) is 0 Å². The molecule has 1 aromatic heterocycles. The van der Waals surface area contributed by atoms with Gasteiger partial charge in [0.1, 0.15) is 0 Å². The Kier molecular flexibility index (Phi) is 4.29. The van der Waals surface area contributed by atoms with Crippen LogP contribution in [0.3, 0.4) is 0 Å². The van der Waals surface area contributed by atoms with Crippen molar-refractivity contribution in [1.29, 1.82) is 0 Å². The van der Waals surface area contributed by atoms with Crippen LogP contribution in [0.2, 0.25) is 0 Å². The normalized spacial score (nSPS) is 10.2. The zero-order valence-electron chi connectivity index (χ0n) is 11.3. The van der Waals surface area contributed by atoms with Gasteiger partial charge in [-0.25, -0.2) is 0 Å². The molecule has 3 heteroatoms. The van der Waals surface area contributed by atoms with E-state index in [1.165, 1.54) is 0 Å². The topological polar surface area (TPSA) is 42.0 Å². The Morgan fingerprint density at radius 2 is 1.89 bits per heavy atom. The van der Waals surface area contributed by atoms with Gasteiger partial charge >= 0.3 is 0 Å². The lowest BCUT2D eigenvalue weighted by Crippen LogP contribution is -2.03. The minimum Gasteiger partial charge on any atom is -0.379 e. The first-order valence-electron chi connectivity index (χ1n) is 6.48. The van der Waals surface area contributed by atoms with Crippen molar-refractivity contribution in [2.45, 2.75) is 26.8 Å². The quantitative estimate of drug-likeness (QED) is 0.829. The number of rotatable bonds is 5.